The molecule has 2 aliphatic carbocycles. The highest BCUT2D eigenvalue weighted by molar-refractivity contribution is 5.90. The molecule has 2 amide bonds. The summed E-state index contributed by atoms with van der Waals surface area (Å²) in [5, 5.41) is 3.37. The lowest BCUT2D eigenvalue weighted by Crippen LogP contribution is -2.38. The molecule has 3 fully saturated rings. The Morgan fingerprint density at radius 3 is 2.94 bits per heavy atom. The Hall–Kier alpha value is -3.37. The van der Waals surface area contributed by atoms with Gasteiger partial charge in [-0.3, -0.25) is 4.79 Å². The summed E-state index contributed by atoms with van der Waals surface area (Å²) in [7, 11) is 0. The van der Waals surface area contributed by atoms with Gasteiger partial charge in [0.05, 0.1) is 17.5 Å². The summed E-state index contributed by atoms with van der Waals surface area (Å²) in [6.07, 6.45) is -0.159. The number of alkyl halides is 2. The molecule has 4 aliphatic rings. The SMILES string of the molecule is NC(=O)[C@]12CC1[C@H]2CCNc1ccc2c(c1)OCCn1cc(N3C(=O)OC[C@H]3C(F)F)nc1-2. The lowest BCUT2D eigenvalue weighted by molar-refractivity contribution is -0.121. The first-order chi connectivity index (χ1) is 15.9. The zero-order valence-electron chi connectivity index (χ0n) is 17.7. The number of ether oxygens (including phenoxy) is 2. The molecule has 2 aromatic rings. The van der Waals surface area contributed by atoms with Gasteiger partial charge in [-0.2, -0.15) is 0 Å². The minimum absolute atomic E-state index is 0.138. The zero-order chi connectivity index (χ0) is 22.9. The van der Waals surface area contributed by atoms with Crippen LogP contribution in [0.15, 0.2) is 24.4 Å². The predicted molar refractivity (Wildman–Crippen MR) is 113 cm³/mol. The first-order valence-corrected chi connectivity index (χ1v) is 11.0. The summed E-state index contributed by atoms with van der Waals surface area (Å²) in [4.78, 5) is 29.0. The van der Waals surface area contributed by atoms with Crippen molar-refractivity contribution in [3.8, 4) is 17.1 Å². The van der Waals surface area contributed by atoms with Crippen LogP contribution in [0.4, 0.5) is 25.1 Å². The quantitative estimate of drug-likeness (QED) is 0.658. The van der Waals surface area contributed by atoms with E-state index in [-0.39, 0.29) is 23.7 Å². The van der Waals surface area contributed by atoms with Crippen LogP contribution in [0.3, 0.4) is 0 Å². The molecule has 174 valence electrons. The average Bonchev–Trinajstić information content (AvgIpc) is 3.57. The molecule has 9 nitrogen and oxygen atoms in total. The zero-order valence-corrected chi connectivity index (χ0v) is 17.7. The number of aromatic nitrogens is 2. The van der Waals surface area contributed by atoms with E-state index in [1.54, 1.807) is 10.8 Å². The summed E-state index contributed by atoms with van der Waals surface area (Å²) in [5.41, 5.74) is 6.86. The molecule has 1 aromatic carbocycles. The van der Waals surface area contributed by atoms with E-state index in [4.69, 9.17) is 15.2 Å². The van der Waals surface area contributed by atoms with Crippen molar-refractivity contribution in [2.24, 2.45) is 23.0 Å². The van der Waals surface area contributed by atoms with Gasteiger partial charge in [-0.1, -0.05) is 0 Å². The number of imidazole rings is 1. The van der Waals surface area contributed by atoms with Gasteiger partial charge in [0.2, 0.25) is 5.91 Å². The molecule has 6 rings (SSSR count). The molecule has 4 atom stereocenters. The fourth-order valence-electron chi connectivity index (χ4n) is 5.32. The molecule has 0 bridgehead atoms. The van der Waals surface area contributed by atoms with Crippen molar-refractivity contribution in [1.29, 1.82) is 0 Å². The third kappa shape index (κ3) is 3.05. The number of fused-ring (bicyclic) bond motifs is 4. The Bertz CT molecular complexity index is 1150. The molecule has 2 aliphatic heterocycles. The molecule has 3 heterocycles. The third-order valence-corrected chi connectivity index (χ3v) is 7.36. The molecular formula is C22H23F2N5O4. The van der Waals surface area contributed by atoms with E-state index in [9.17, 15) is 18.4 Å². The van der Waals surface area contributed by atoms with Gasteiger partial charge >= 0.3 is 6.09 Å². The minimum atomic E-state index is -2.73. The maximum atomic E-state index is 13.4. The van der Waals surface area contributed by atoms with Crippen LogP contribution in [-0.4, -0.2) is 53.8 Å². The molecule has 11 heteroatoms. The molecule has 2 saturated carbocycles. The summed E-state index contributed by atoms with van der Waals surface area (Å²) in [6, 6.07) is 4.28. The van der Waals surface area contributed by atoms with E-state index >= 15 is 0 Å². The normalized spacial score (nSPS) is 28.9. The summed E-state index contributed by atoms with van der Waals surface area (Å²) in [5.74, 6) is 1.98. The van der Waals surface area contributed by atoms with Crippen molar-refractivity contribution in [3.63, 3.8) is 0 Å². The number of carbonyl (C=O) groups excluding carboxylic acids is 2. The van der Waals surface area contributed by atoms with E-state index in [1.165, 1.54) is 0 Å². The van der Waals surface area contributed by atoms with Crippen molar-refractivity contribution in [3.05, 3.63) is 24.4 Å². The molecule has 0 spiro atoms. The van der Waals surface area contributed by atoms with Crippen molar-refractivity contribution < 1.29 is 27.8 Å². The van der Waals surface area contributed by atoms with Gasteiger partial charge in [0.1, 0.15) is 30.8 Å². The van der Waals surface area contributed by atoms with Gasteiger partial charge < -0.3 is 25.1 Å². The maximum absolute atomic E-state index is 13.4. The number of primary amides is 1. The van der Waals surface area contributed by atoms with Gasteiger partial charge in [-0.25, -0.2) is 23.5 Å². The van der Waals surface area contributed by atoms with E-state index in [1.807, 2.05) is 18.2 Å². The van der Waals surface area contributed by atoms with Crippen LogP contribution in [0.25, 0.3) is 11.4 Å². The standard InChI is InChI=1S/C22H23F2N5O4/c23-18(24)15-10-33-21(31)29(15)17-9-28-5-6-32-16-7-11(1-2-12(16)19(28)27-17)26-4-3-13-14-8-22(13,14)20(25)30/h1-2,7,9,13-15,18,26H,3-6,8,10H2,(H2,25,30)/t13-,14?,15+,22+/m1/s1. The van der Waals surface area contributed by atoms with Crippen LogP contribution < -0.4 is 20.7 Å². The highest BCUT2D eigenvalue weighted by Crippen LogP contribution is 2.80. The maximum Gasteiger partial charge on any atom is 0.416 e. The number of hydrogen-bond acceptors (Lipinski definition) is 6. The first kappa shape index (κ1) is 20.3. The lowest BCUT2D eigenvalue weighted by atomic mass is 10.0. The molecule has 3 N–H and O–H groups in total. The van der Waals surface area contributed by atoms with Crippen molar-refractivity contribution in [1.82, 2.24) is 9.55 Å². The van der Waals surface area contributed by atoms with Gasteiger partial charge in [0.15, 0.2) is 5.82 Å². The summed E-state index contributed by atoms with van der Waals surface area (Å²) >= 11 is 0. The second kappa shape index (κ2) is 7.06. The lowest BCUT2D eigenvalue weighted by Gasteiger charge is -2.17. The first-order valence-electron chi connectivity index (χ1n) is 11.0. The Kier molecular flexibility index (Phi) is 4.33. The summed E-state index contributed by atoms with van der Waals surface area (Å²) in [6.45, 7) is 1.18. The van der Waals surface area contributed by atoms with Gasteiger partial charge in [-0.15, -0.1) is 0 Å². The van der Waals surface area contributed by atoms with Gasteiger partial charge in [-0.05, 0) is 36.8 Å². The van der Waals surface area contributed by atoms with Crippen LogP contribution >= 0.6 is 0 Å². The summed E-state index contributed by atoms with van der Waals surface area (Å²) < 4.78 is 39.2. The molecule has 0 radical (unpaired) electrons. The third-order valence-electron chi connectivity index (χ3n) is 7.36. The van der Waals surface area contributed by atoms with Crippen LogP contribution in [0.2, 0.25) is 0 Å². The number of amides is 2. The Balaban J connectivity index is 1.19. The largest absolute Gasteiger partial charge is 0.491 e. The van der Waals surface area contributed by atoms with Gasteiger partial charge in [0, 0.05) is 24.5 Å². The van der Waals surface area contributed by atoms with E-state index in [0.717, 1.165) is 30.0 Å². The average molecular weight is 459 g/mol. The molecule has 1 unspecified atom stereocenters. The Labute approximate surface area is 187 Å². The van der Waals surface area contributed by atoms with Crippen LogP contribution in [-0.2, 0) is 16.1 Å². The predicted octanol–water partition coefficient (Wildman–Crippen LogP) is 2.46. The molecular weight excluding hydrogens is 436 g/mol. The number of cyclic esters (lactones) is 1. The van der Waals surface area contributed by atoms with Crippen LogP contribution in [0.5, 0.6) is 5.75 Å². The molecule has 33 heavy (non-hydrogen) atoms. The van der Waals surface area contributed by atoms with Crippen LogP contribution in [0, 0.1) is 17.3 Å². The highest BCUT2D eigenvalue weighted by Gasteiger charge is 2.81. The number of nitrogens with two attached hydrogens (primary N) is 1. The van der Waals surface area contributed by atoms with E-state index in [2.05, 4.69) is 10.3 Å². The topological polar surface area (TPSA) is 112 Å². The monoisotopic (exact) mass is 459 g/mol. The minimum Gasteiger partial charge on any atom is -0.491 e. The number of rotatable bonds is 7. The van der Waals surface area contributed by atoms with E-state index in [0.29, 0.717) is 42.1 Å². The van der Waals surface area contributed by atoms with Gasteiger partial charge in [0.25, 0.3) is 6.43 Å². The highest BCUT2D eigenvalue weighted by atomic mass is 19.3. The number of nitrogens with zero attached hydrogens (tertiary/aromatic N) is 3. The van der Waals surface area contributed by atoms with Crippen molar-refractivity contribution in [2.75, 3.05) is 30.0 Å². The fourth-order valence-corrected chi connectivity index (χ4v) is 5.32. The number of nitrogens with one attached hydrogen (secondary N) is 1. The smallest absolute Gasteiger partial charge is 0.416 e. The molecule has 1 saturated heterocycles. The van der Waals surface area contributed by atoms with Crippen molar-refractivity contribution in [2.45, 2.75) is 31.9 Å². The van der Waals surface area contributed by atoms with Crippen molar-refractivity contribution >= 4 is 23.5 Å². The van der Waals surface area contributed by atoms with Crippen LogP contribution in [0.1, 0.15) is 12.8 Å². The number of halogens is 2. The Morgan fingerprint density at radius 1 is 1.36 bits per heavy atom. The molecule has 1 aromatic heterocycles. The second-order valence-corrected chi connectivity index (χ2v) is 9.06. The second-order valence-electron chi connectivity index (χ2n) is 9.06. The number of hydrogen-bond donors (Lipinski definition) is 2. The fraction of sp³-hybridized carbons (Fsp3) is 0.500. The number of carbonyl (C=O) groups is 2. The number of benzene rings is 1. The number of anilines is 2. The Morgan fingerprint density at radius 2 is 2.21 bits per heavy atom. The van der Waals surface area contributed by atoms with E-state index < -0.39 is 18.6 Å².